The van der Waals surface area contributed by atoms with Crippen LogP contribution >= 0.6 is 11.8 Å². The molecule has 4 aliphatic heterocycles. The minimum absolute atomic E-state index is 0.00639. The van der Waals surface area contributed by atoms with Crippen LogP contribution in [-0.4, -0.2) is 162 Å². The number of carbonyl (C=O) groups excluding carboxylic acids is 3. The molecule has 0 spiro atoms. The van der Waals surface area contributed by atoms with Gasteiger partial charge in [0, 0.05) is 90.2 Å². The topological polar surface area (TPSA) is 299 Å². The van der Waals surface area contributed by atoms with Gasteiger partial charge in [-0.3, -0.25) is 18.7 Å². The number of fused-ring (bicyclic) bond motifs is 3. The molecule has 0 bridgehead atoms. The molecule has 0 saturated carbocycles. The summed E-state index contributed by atoms with van der Waals surface area (Å²) in [5, 5.41) is 12.1. The van der Waals surface area contributed by atoms with Gasteiger partial charge in [-0.2, -0.15) is 33.2 Å². The highest BCUT2D eigenvalue weighted by Gasteiger charge is 2.46. The van der Waals surface area contributed by atoms with Crippen molar-refractivity contribution < 1.29 is 72.1 Å². The lowest BCUT2D eigenvalue weighted by molar-refractivity contribution is -0.437. The van der Waals surface area contributed by atoms with E-state index in [1.54, 1.807) is 18.2 Å². The van der Waals surface area contributed by atoms with Crippen LogP contribution in [0.3, 0.4) is 0 Å². The molecule has 4 heterocycles. The fourth-order valence-electron chi connectivity index (χ4n) is 9.94. The van der Waals surface area contributed by atoms with Crippen molar-refractivity contribution in [3.63, 3.8) is 0 Å². The van der Waals surface area contributed by atoms with E-state index in [0.717, 1.165) is 36.4 Å². The molecule has 21 nitrogen and oxygen atoms in total. The number of hydrogen-bond acceptors (Lipinski definition) is 15. The molecule has 0 radical (unpaired) electrons. The van der Waals surface area contributed by atoms with Crippen LogP contribution in [0.4, 0.5) is 16.2 Å². The molecule has 3 atom stereocenters. The number of allylic oxidation sites excluding steroid dienone is 6. The number of amides is 4. The first-order valence-electron chi connectivity index (χ1n) is 25.5. The van der Waals surface area contributed by atoms with Gasteiger partial charge in [0.25, 0.3) is 20.2 Å². The van der Waals surface area contributed by atoms with Gasteiger partial charge in [0.2, 0.25) is 17.5 Å². The molecule has 4 aliphatic rings. The zero-order valence-corrected chi connectivity index (χ0v) is 46.7. The third-order valence-electron chi connectivity index (χ3n) is 13.8. The van der Waals surface area contributed by atoms with Gasteiger partial charge in [-0.05, 0) is 81.5 Å². The monoisotopic (exact) mass is 1140 g/mol. The summed E-state index contributed by atoms with van der Waals surface area (Å²) in [4.78, 5) is 38.0. The van der Waals surface area contributed by atoms with E-state index in [0.29, 0.717) is 106 Å². The van der Waals surface area contributed by atoms with Crippen molar-refractivity contribution in [1.29, 1.82) is 0 Å². The average Bonchev–Trinajstić information content (AvgIpc) is 4.02. The Kier molecular flexibility index (Phi) is 21.3. The van der Waals surface area contributed by atoms with Gasteiger partial charge in [-0.1, -0.05) is 38.5 Å². The first-order chi connectivity index (χ1) is 35.9. The Bertz CT molecular complexity index is 2890. The number of anilines is 1. The van der Waals surface area contributed by atoms with Crippen LogP contribution in [0.15, 0.2) is 82.3 Å². The third-order valence-corrected chi connectivity index (χ3v) is 17.8. The molecule has 2 aromatic rings. The number of thioether (sulfide) groups is 1. The summed E-state index contributed by atoms with van der Waals surface area (Å²) in [7, 11) is -13.5. The SMILES string of the molecule is CC1(C)C(/C=C/C=C/C=C2/N(CCCCC(=O)NCCOCCOCCOCCNC(=O)CCCC[C@@H]3SC[C@@H]4NC(=O)N[C@@H]43)c3ccc(S(=O)(=O)O)cc3C2(C)C)=[N+](CCCS(=O)(=O)[O-])c2ccc(S(=O)(=O)O)cc21. The van der Waals surface area contributed by atoms with Gasteiger partial charge in [0.15, 0.2) is 5.71 Å². The van der Waals surface area contributed by atoms with Crippen LogP contribution < -0.4 is 26.2 Å². The zero-order chi connectivity index (χ0) is 55.3. The Morgan fingerprint density at radius 3 is 1.99 bits per heavy atom. The van der Waals surface area contributed by atoms with Crippen molar-refractivity contribution in [1.82, 2.24) is 21.3 Å². The Morgan fingerprint density at radius 2 is 1.37 bits per heavy atom. The Balaban J connectivity index is 0.905. The quantitative estimate of drug-likeness (QED) is 0.0200. The van der Waals surface area contributed by atoms with Gasteiger partial charge in [0.1, 0.15) is 6.54 Å². The molecule has 6 N–H and O–H groups in total. The van der Waals surface area contributed by atoms with Gasteiger partial charge < -0.3 is 44.9 Å². The molecule has 2 fully saturated rings. The zero-order valence-electron chi connectivity index (χ0n) is 43.5. The predicted octanol–water partition coefficient (Wildman–Crippen LogP) is 4.46. The maximum atomic E-state index is 12.7. The van der Waals surface area contributed by atoms with E-state index in [-0.39, 0.29) is 59.1 Å². The Labute approximate surface area is 451 Å². The normalized spacial score (nSPS) is 20.4. The number of nitrogens with one attached hydrogen (secondary N) is 4. The fraction of sp³-hybridized carbons (Fsp3) is 0.569. The number of benzene rings is 2. The standard InChI is InChI=1S/C51H72N6O15S4/c1-50(2)38-33-36(75(64,65)66)18-20-41(38)56(44(50)14-6-5-7-15-45-51(3,4)39-34-37(76(67,68)69)19-21-42(39)57(45)25-12-32-74(61,62)63)24-11-10-17-47(59)53-23-27-71-29-31-72-30-28-70-26-22-52-46(58)16-9-8-13-43-48-40(35-73-43)54-49(60)55-48/h5-7,14-15,18-21,33-34,40,43,48H,8-13,16-17,22-32,35H2,1-4H3,(H6-,52,53,54,55,58,59,60,61,62,63,64,65,66,67,68,69)/t40-,43-,48-/m0/s1. The average molecular weight is 1140 g/mol. The Morgan fingerprint density at radius 1 is 0.776 bits per heavy atom. The molecular weight excluding hydrogens is 1060 g/mol. The summed E-state index contributed by atoms with van der Waals surface area (Å²) in [6, 6.07) is 8.96. The summed E-state index contributed by atoms with van der Waals surface area (Å²) in [5.74, 6) is 0.196. The predicted molar refractivity (Wildman–Crippen MR) is 288 cm³/mol. The van der Waals surface area contributed by atoms with Crippen molar-refractivity contribution in [2.75, 3.05) is 82.2 Å². The first kappa shape index (κ1) is 60.5. The number of rotatable bonds is 31. The van der Waals surface area contributed by atoms with E-state index >= 15 is 0 Å². The molecule has 2 saturated heterocycles. The first-order valence-corrected chi connectivity index (χ1v) is 31.0. The maximum Gasteiger partial charge on any atom is 0.315 e. The van der Waals surface area contributed by atoms with E-state index in [9.17, 15) is 53.3 Å². The van der Waals surface area contributed by atoms with E-state index in [2.05, 4.69) is 26.2 Å². The summed E-state index contributed by atoms with van der Waals surface area (Å²) in [6.45, 7) is 11.1. The summed E-state index contributed by atoms with van der Waals surface area (Å²) in [6.07, 6.45) is 13.7. The molecular formula is C51H72N6O15S4. The van der Waals surface area contributed by atoms with Crippen LogP contribution in [0.1, 0.15) is 90.2 Å². The van der Waals surface area contributed by atoms with Crippen LogP contribution in [0.2, 0.25) is 0 Å². The van der Waals surface area contributed by atoms with E-state index < -0.39 is 46.9 Å². The van der Waals surface area contributed by atoms with Gasteiger partial charge in [0.05, 0.1) is 77.0 Å². The molecule has 6 rings (SSSR count). The van der Waals surface area contributed by atoms with E-state index in [4.69, 9.17) is 14.2 Å². The summed E-state index contributed by atoms with van der Waals surface area (Å²) < 4.78 is 121. The van der Waals surface area contributed by atoms with Crippen molar-refractivity contribution >= 4 is 77.0 Å². The minimum Gasteiger partial charge on any atom is -0.748 e. The molecule has 0 aromatic heterocycles. The molecule has 4 amide bonds. The molecule has 0 unspecified atom stereocenters. The number of carbonyl (C=O) groups is 3. The van der Waals surface area contributed by atoms with Crippen molar-refractivity contribution in [2.24, 2.45) is 0 Å². The lowest BCUT2D eigenvalue weighted by atomic mass is 9.81. The molecule has 420 valence electrons. The number of hydrogen-bond donors (Lipinski definition) is 6. The van der Waals surface area contributed by atoms with Crippen LogP contribution in [-0.2, 0) is 65.0 Å². The number of unbranched alkanes of at least 4 members (excludes halogenated alkanes) is 2. The van der Waals surface area contributed by atoms with Gasteiger partial charge >= 0.3 is 6.03 Å². The second kappa shape index (κ2) is 26.8. The van der Waals surface area contributed by atoms with Crippen LogP contribution in [0.5, 0.6) is 0 Å². The van der Waals surface area contributed by atoms with Crippen LogP contribution in [0.25, 0.3) is 0 Å². The number of nitrogens with zero attached hydrogens (tertiary/aromatic N) is 2. The van der Waals surface area contributed by atoms with Crippen molar-refractivity contribution in [3.05, 3.63) is 83.6 Å². The smallest absolute Gasteiger partial charge is 0.315 e. The second-order valence-electron chi connectivity index (χ2n) is 20.0. The van der Waals surface area contributed by atoms with E-state index in [1.165, 1.54) is 30.3 Å². The van der Waals surface area contributed by atoms with Gasteiger partial charge in [-0.15, -0.1) is 0 Å². The minimum atomic E-state index is -4.52. The second-order valence-corrected chi connectivity index (χ2v) is 25.7. The largest absolute Gasteiger partial charge is 0.748 e. The van der Waals surface area contributed by atoms with Crippen molar-refractivity contribution in [3.8, 4) is 0 Å². The Hall–Kier alpha value is -4.70. The molecule has 25 heteroatoms. The highest BCUT2D eigenvalue weighted by molar-refractivity contribution is 8.00. The highest BCUT2D eigenvalue weighted by atomic mass is 32.2. The number of ether oxygens (including phenoxy) is 3. The molecule has 2 aromatic carbocycles. The summed E-state index contributed by atoms with van der Waals surface area (Å²) >= 11 is 1.87. The molecule has 76 heavy (non-hydrogen) atoms. The van der Waals surface area contributed by atoms with Crippen LogP contribution in [0, 0.1) is 0 Å². The maximum absolute atomic E-state index is 12.7. The van der Waals surface area contributed by atoms with E-state index in [1.807, 2.05) is 62.3 Å². The fourth-order valence-corrected chi connectivity index (χ4v) is 13.0. The lowest BCUT2D eigenvalue weighted by Gasteiger charge is -2.27. The van der Waals surface area contributed by atoms with Gasteiger partial charge in [-0.25, -0.2) is 13.2 Å². The third kappa shape index (κ3) is 16.7. The lowest BCUT2D eigenvalue weighted by Crippen LogP contribution is -2.36. The summed E-state index contributed by atoms with van der Waals surface area (Å²) in [5.41, 5.74) is 2.63. The van der Waals surface area contributed by atoms with Crippen molar-refractivity contribution in [2.45, 2.75) is 117 Å². The number of urea groups is 1. The molecule has 0 aliphatic carbocycles. The highest BCUT2D eigenvalue weighted by Crippen LogP contribution is 2.49.